The Morgan fingerprint density at radius 1 is 1.11 bits per heavy atom. The summed E-state index contributed by atoms with van der Waals surface area (Å²) < 4.78 is 20.3. The average molecular weight is 386 g/mol. The predicted molar refractivity (Wildman–Crippen MR) is 109 cm³/mol. The van der Waals surface area contributed by atoms with Crippen molar-refractivity contribution < 1.29 is 9.13 Å². The van der Waals surface area contributed by atoms with Crippen molar-refractivity contribution in [3.63, 3.8) is 0 Å². The molecule has 2 N–H and O–H groups in total. The van der Waals surface area contributed by atoms with Crippen molar-refractivity contribution in [3.05, 3.63) is 30.3 Å². The number of benzene rings is 1. The van der Waals surface area contributed by atoms with Gasteiger partial charge in [0, 0.05) is 55.7 Å². The van der Waals surface area contributed by atoms with Crippen LogP contribution in [0.4, 0.5) is 21.7 Å². The molecule has 1 aromatic heterocycles. The van der Waals surface area contributed by atoms with Gasteiger partial charge in [0.15, 0.2) is 0 Å². The van der Waals surface area contributed by atoms with Crippen molar-refractivity contribution in [1.82, 2.24) is 14.9 Å². The van der Waals surface area contributed by atoms with Gasteiger partial charge in [0.25, 0.3) is 0 Å². The molecule has 2 fully saturated rings. The molecule has 2 aromatic rings. The third-order valence-electron chi connectivity index (χ3n) is 5.59. The zero-order chi connectivity index (χ0) is 19.7. The number of hydrogen-bond donors (Lipinski definition) is 1. The zero-order valence-corrected chi connectivity index (χ0v) is 16.4. The molecular formula is C20H27FN6O. The minimum atomic E-state index is -0.305. The molecule has 150 valence electrons. The number of ether oxygens (including phenoxy) is 1. The molecule has 0 bridgehead atoms. The summed E-state index contributed by atoms with van der Waals surface area (Å²) in [6, 6.07) is 3.70. The van der Waals surface area contributed by atoms with Crippen LogP contribution in [0.2, 0.25) is 0 Å². The summed E-state index contributed by atoms with van der Waals surface area (Å²) in [7, 11) is 4.14. The van der Waals surface area contributed by atoms with Crippen molar-refractivity contribution in [2.45, 2.75) is 12.5 Å². The van der Waals surface area contributed by atoms with Crippen molar-refractivity contribution in [2.24, 2.45) is 0 Å². The average Bonchev–Trinajstić information content (AvgIpc) is 3.21. The summed E-state index contributed by atoms with van der Waals surface area (Å²) in [4.78, 5) is 15.3. The standard InChI is InChI=1S/C20H27FN6O/c1-25(2)15-3-4-27(13-15)19-10-17(21)16(9-18(19)22)14-11-23-20(24-12-14)26-5-7-28-8-6-26/h9-12,15H,3-8,13,22H2,1-2H3. The normalized spacial score (nSPS) is 20.2. The highest BCUT2D eigenvalue weighted by molar-refractivity contribution is 5.77. The maximum atomic E-state index is 14.9. The number of morpholine rings is 1. The van der Waals surface area contributed by atoms with Crippen LogP contribution in [0.15, 0.2) is 24.5 Å². The smallest absolute Gasteiger partial charge is 0.225 e. The van der Waals surface area contributed by atoms with Crippen molar-refractivity contribution in [1.29, 1.82) is 0 Å². The van der Waals surface area contributed by atoms with Crippen LogP contribution in [0.5, 0.6) is 0 Å². The maximum absolute atomic E-state index is 14.9. The monoisotopic (exact) mass is 386 g/mol. The number of hydrogen-bond acceptors (Lipinski definition) is 7. The van der Waals surface area contributed by atoms with Gasteiger partial charge in [0.1, 0.15) is 5.82 Å². The molecule has 2 saturated heterocycles. The van der Waals surface area contributed by atoms with Gasteiger partial charge in [0.2, 0.25) is 5.95 Å². The fourth-order valence-electron chi connectivity index (χ4n) is 3.84. The third kappa shape index (κ3) is 3.74. The molecular weight excluding hydrogens is 359 g/mol. The van der Waals surface area contributed by atoms with Gasteiger partial charge >= 0.3 is 0 Å². The molecule has 1 aromatic carbocycles. The number of likely N-dealkylation sites (N-methyl/N-ethyl adjacent to an activating group) is 1. The summed E-state index contributed by atoms with van der Waals surface area (Å²) in [6.45, 7) is 4.60. The molecule has 0 aliphatic carbocycles. The Bertz CT molecular complexity index is 822. The van der Waals surface area contributed by atoms with Gasteiger partial charge in [-0.2, -0.15) is 0 Å². The van der Waals surface area contributed by atoms with Gasteiger partial charge in [0.05, 0.1) is 24.6 Å². The minimum absolute atomic E-state index is 0.305. The first-order valence-corrected chi connectivity index (χ1v) is 9.68. The van der Waals surface area contributed by atoms with E-state index in [1.165, 1.54) is 0 Å². The Balaban J connectivity index is 1.55. The lowest BCUT2D eigenvalue weighted by molar-refractivity contribution is 0.122. The van der Waals surface area contributed by atoms with Gasteiger partial charge in [-0.15, -0.1) is 0 Å². The molecule has 0 radical (unpaired) electrons. The summed E-state index contributed by atoms with van der Waals surface area (Å²) in [5.74, 6) is 0.337. The van der Waals surface area contributed by atoms with E-state index in [0.717, 1.165) is 38.3 Å². The van der Waals surface area contributed by atoms with Crippen LogP contribution in [-0.2, 0) is 4.74 Å². The molecule has 28 heavy (non-hydrogen) atoms. The summed E-state index contributed by atoms with van der Waals surface area (Å²) in [5, 5.41) is 0. The molecule has 8 heteroatoms. The van der Waals surface area contributed by atoms with E-state index >= 15 is 0 Å². The van der Waals surface area contributed by atoms with Gasteiger partial charge < -0.3 is 25.2 Å². The SMILES string of the molecule is CN(C)C1CCN(c2cc(F)c(-c3cnc(N4CCOCC4)nc3)cc2N)C1. The van der Waals surface area contributed by atoms with Crippen LogP contribution in [0.1, 0.15) is 6.42 Å². The van der Waals surface area contributed by atoms with Gasteiger partial charge in [-0.1, -0.05) is 0 Å². The second kappa shape index (κ2) is 7.89. The van der Waals surface area contributed by atoms with E-state index in [1.54, 1.807) is 24.5 Å². The highest BCUT2D eigenvalue weighted by atomic mass is 19.1. The molecule has 1 unspecified atom stereocenters. The van der Waals surface area contributed by atoms with Gasteiger partial charge in [-0.3, -0.25) is 0 Å². The number of nitrogens with two attached hydrogens (primary N) is 1. The van der Waals surface area contributed by atoms with Crippen molar-refractivity contribution in [3.8, 4) is 11.1 Å². The summed E-state index contributed by atoms with van der Waals surface area (Å²) in [6.07, 6.45) is 4.37. The first-order valence-electron chi connectivity index (χ1n) is 9.68. The number of halogens is 1. The van der Waals surface area contributed by atoms with Gasteiger partial charge in [-0.25, -0.2) is 14.4 Å². The van der Waals surface area contributed by atoms with E-state index in [-0.39, 0.29) is 5.82 Å². The lowest BCUT2D eigenvalue weighted by atomic mass is 10.1. The van der Waals surface area contributed by atoms with Crippen LogP contribution < -0.4 is 15.5 Å². The minimum Gasteiger partial charge on any atom is -0.397 e. The number of aromatic nitrogens is 2. The van der Waals surface area contributed by atoms with Crippen LogP contribution in [0, 0.1) is 5.82 Å². The number of nitrogens with zero attached hydrogens (tertiary/aromatic N) is 5. The van der Waals surface area contributed by atoms with E-state index in [2.05, 4.69) is 38.8 Å². The predicted octanol–water partition coefficient (Wildman–Crippen LogP) is 1.84. The Kier molecular flexibility index (Phi) is 5.32. The molecule has 0 amide bonds. The summed E-state index contributed by atoms with van der Waals surface area (Å²) in [5.41, 5.74) is 8.68. The van der Waals surface area contributed by atoms with E-state index in [4.69, 9.17) is 10.5 Å². The Morgan fingerprint density at radius 3 is 2.46 bits per heavy atom. The van der Waals surface area contributed by atoms with Crippen LogP contribution in [-0.4, -0.2) is 74.4 Å². The van der Waals surface area contributed by atoms with Crippen molar-refractivity contribution in [2.75, 3.05) is 69.0 Å². The number of rotatable bonds is 4. The lowest BCUT2D eigenvalue weighted by Crippen LogP contribution is -2.37. The van der Waals surface area contributed by atoms with Crippen LogP contribution in [0.25, 0.3) is 11.1 Å². The second-order valence-electron chi connectivity index (χ2n) is 7.61. The number of anilines is 3. The molecule has 2 aliphatic heterocycles. The molecule has 7 nitrogen and oxygen atoms in total. The Morgan fingerprint density at radius 2 is 1.82 bits per heavy atom. The quantitative estimate of drug-likeness (QED) is 0.804. The highest BCUT2D eigenvalue weighted by Gasteiger charge is 2.26. The molecule has 0 spiro atoms. The first-order chi connectivity index (χ1) is 13.5. The zero-order valence-electron chi connectivity index (χ0n) is 16.4. The maximum Gasteiger partial charge on any atom is 0.225 e. The highest BCUT2D eigenvalue weighted by Crippen LogP contribution is 2.34. The molecule has 0 saturated carbocycles. The lowest BCUT2D eigenvalue weighted by Gasteiger charge is -2.26. The second-order valence-corrected chi connectivity index (χ2v) is 7.61. The molecule has 1 atom stereocenters. The van der Waals surface area contributed by atoms with E-state index in [1.807, 2.05) is 0 Å². The summed E-state index contributed by atoms with van der Waals surface area (Å²) >= 11 is 0. The van der Waals surface area contributed by atoms with Crippen LogP contribution in [0.3, 0.4) is 0 Å². The van der Waals surface area contributed by atoms with E-state index < -0.39 is 0 Å². The molecule has 3 heterocycles. The molecule has 2 aliphatic rings. The Hall–Kier alpha value is -2.45. The number of nitrogen functional groups attached to an aromatic ring is 1. The largest absolute Gasteiger partial charge is 0.397 e. The fraction of sp³-hybridized carbons (Fsp3) is 0.500. The van der Waals surface area contributed by atoms with Crippen LogP contribution >= 0.6 is 0 Å². The van der Waals surface area contributed by atoms with Gasteiger partial charge in [-0.05, 0) is 32.6 Å². The van der Waals surface area contributed by atoms with E-state index in [0.29, 0.717) is 42.0 Å². The van der Waals surface area contributed by atoms with E-state index in [9.17, 15) is 4.39 Å². The third-order valence-corrected chi connectivity index (χ3v) is 5.59. The van der Waals surface area contributed by atoms with Crippen molar-refractivity contribution >= 4 is 17.3 Å². The Labute approximate surface area is 164 Å². The molecule has 4 rings (SSSR count). The fourth-order valence-corrected chi connectivity index (χ4v) is 3.84. The first kappa shape index (κ1) is 18.9. The topological polar surface area (TPSA) is 70.8 Å².